The molecule has 0 bridgehead atoms. The molecule has 3 heterocycles. The number of ketones is 1. The van der Waals surface area contributed by atoms with E-state index in [0.717, 1.165) is 16.9 Å². The molecule has 1 unspecified atom stereocenters. The first-order valence-corrected chi connectivity index (χ1v) is 12.0. The second-order valence-corrected chi connectivity index (χ2v) is 9.74. The van der Waals surface area contributed by atoms with Gasteiger partial charge in [-0.2, -0.15) is 0 Å². The molecule has 2 aromatic carbocycles. The highest BCUT2D eigenvalue weighted by atomic mass is 35.5. The van der Waals surface area contributed by atoms with Crippen LogP contribution >= 0.6 is 22.9 Å². The Morgan fingerprint density at radius 1 is 1.19 bits per heavy atom. The molecular weight excluding hydrogens is 505 g/mol. The standard InChI is InChI=1S/C26H19ClFN3O4S/c1-12-8-19(35-3)13(2)7-15(12)23(32)21-22(14-5-4-6-29-11-14)31(25(34)24(21)33)26-30-18-9-16(27)17(28)10-20(18)36-26/h4-11,22,32H,1-3H3/b23-21+. The molecule has 1 fully saturated rings. The number of aliphatic hydroxyl groups excluding tert-OH is 1. The number of carbonyl (C=O) groups excluding carboxylic acids is 2. The number of carbonyl (C=O) groups is 2. The lowest BCUT2D eigenvalue weighted by Crippen LogP contribution is -2.29. The van der Waals surface area contributed by atoms with E-state index in [0.29, 0.717) is 32.7 Å². The average molecular weight is 524 g/mol. The zero-order chi connectivity index (χ0) is 25.7. The number of pyridine rings is 1. The third-order valence-corrected chi connectivity index (χ3v) is 7.37. The molecule has 1 N–H and O–H groups in total. The van der Waals surface area contributed by atoms with Gasteiger partial charge in [0.05, 0.1) is 34.0 Å². The van der Waals surface area contributed by atoms with Crippen LogP contribution in [0.1, 0.15) is 28.3 Å². The Balaban J connectivity index is 1.74. The van der Waals surface area contributed by atoms with Crippen molar-refractivity contribution in [3.05, 3.63) is 87.5 Å². The van der Waals surface area contributed by atoms with Gasteiger partial charge in [-0.25, -0.2) is 9.37 Å². The Bertz CT molecular complexity index is 1550. The summed E-state index contributed by atoms with van der Waals surface area (Å²) in [5, 5.41) is 11.5. The van der Waals surface area contributed by atoms with Crippen LogP contribution in [-0.4, -0.2) is 33.9 Å². The number of thiazole rings is 1. The fourth-order valence-electron chi connectivity index (χ4n) is 4.31. The molecule has 5 rings (SSSR count). The molecule has 182 valence electrons. The maximum atomic E-state index is 14.1. The van der Waals surface area contributed by atoms with Crippen LogP contribution < -0.4 is 9.64 Å². The number of methoxy groups -OCH3 is 1. The van der Waals surface area contributed by atoms with Crippen LogP contribution in [0.5, 0.6) is 5.75 Å². The molecule has 1 atom stereocenters. The lowest BCUT2D eigenvalue weighted by molar-refractivity contribution is -0.132. The topological polar surface area (TPSA) is 92.6 Å². The Kier molecular flexibility index (Phi) is 5.97. The predicted octanol–water partition coefficient (Wildman–Crippen LogP) is 5.74. The lowest BCUT2D eigenvalue weighted by atomic mass is 9.94. The van der Waals surface area contributed by atoms with Gasteiger partial charge < -0.3 is 9.84 Å². The summed E-state index contributed by atoms with van der Waals surface area (Å²) in [5.74, 6) is -2.02. The zero-order valence-corrected chi connectivity index (χ0v) is 20.9. The van der Waals surface area contributed by atoms with Crippen molar-refractivity contribution >= 4 is 55.7 Å². The van der Waals surface area contributed by atoms with Crippen molar-refractivity contribution in [2.45, 2.75) is 19.9 Å². The van der Waals surface area contributed by atoms with E-state index in [1.165, 1.54) is 23.2 Å². The molecule has 2 aromatic heterocycles. The molecule has 0 aliphatic carbocycles. The number of hydrogen-bond acceptors (Lipinski definition) is 7. The van der Waals surface area contributed by atoms with Gasteiger partial charge in [0.25, 0.3) is 5.78 Å². The molecule has 0 radical (unpaired) electrons. The van der Waals surface area contributed by atoms with Crippen molar-refractivity contribution in [2.24, 2.45) is 0 Å². The van der Waals surface area contributed by atoms with Gasteiger partial charge >= 0.3 is 5.91 Å². The molecule has 7 nitrogen and oxygen atoms in total. The highest BCUT2D eigenvalue weighted by Gasteiger charge is 2.48. The summed E-state index contributed by atoms with van der Waals surface area (Å²) in [6.07, 6.45) is 3.09. The largest absolute Gasteiger partial charge is 0.507 e. The lowest BCUT2D eigenvalue weighted by Gasteiger charge is -2.23. The summed E-state index contributed by atoms with van der Waals surface area (Å²) < 4.78 is 19.9. The first kappa shape index (κ1) is 23.9. The van der Waals surface area contributed by atoms with Crippen LogP contribution in [0.2, 0.25) is 5.02 Å². The van der Waals surface area contributed by atoms with E-state index in [1.54, 1.807) is 44.5 Å². The molecule has 10 heteroatoms. The SMILES string of the molecule is COc1cc(C)c(/C(O)=C2\C(=O)C(=O)N(c3nc4cc(Cl)c(F)cc4s3)C2c2cccnc2)cc1C. The van der Waals surface area contributed by atoms with Crippen LogP contribution in [0, 0.1) is 19.7 Å². The van der Waals surface area contributed by atoms with Gasteiger partial charge in [0.15, 0.2) is 5.13 Å². The van der Waals surface area contributed by atoms with Crippen LogP contribution in [-0.2, 0) is 9.59 Å². The second kappa shape index (κ2) is 9.00. The van der Waals surface area contributed by atoms with Crippen LogP contribution in [0.15, 0.2) is 54.4 Å². The van der Waals surface area contributed by atoms with Gasteiger partial charge in [-0.1, -0.05) is 29.0 Å². The third kappa shape index (κ3) is 3.81. The summed E-state index contributed by atoms with van der Waals surface area (Å²) >= 11 is 6.96. The molecule has 0 spiro atoms. The third-order valence-electron chi connectivity index (χ3n) is 6.07. The van der Waals surface area contributed by atoms with Crippen LogP contribution in [0.4, 0.5) is 9.52 Å². The molecule has 1 aliphatic heterocycles. The zero-order valence-electron chi connectivity index (χ0n) is 19.4. The van der Waals surface area contributed by atoms with Gasteiger partial charge in [-0.05, 0) is 60.9 Å². The highest BCUT2D eigenvalue weighted by molar-refractivity contribution is 7.22. The molecule has 1 saturated heterocycles. The van der Waals surface area contributed by atoms with Gasteiger partial charge in [0.1, 0.15) is 17.3 Å². The molecule has 36 heavy (non-hydrogen) atoms. The number of Topliss-reactive ketones (excluding diaryl/α,β-unsaturated/α-hetero) is 1. The summed E-state index contributed by atoms with van der Waals surface area (Å²) in [6, 6.07) is 8.45. The maximum Gasteiger partial charge on any atom is 0.301 e. The minimum absolute atomic E-state index is 0.0934. The number of nitrogens with zero attached hydrogens (tertiary/aromatic N) is 3. The van der Waals surface area contributed by atoms with Gasteiger partial charge in [0.2, 0.25) is 0 Å². The molecule has 1 amide bonds. The van der Waals surface area contributed by atoms with Gasteiger partial charge in [-0.3, -0.25) is 19.5 Å². The fourth-order valence-corrected chi connectivity index (χ4v) is 5.46. The van der Waals surface area contributed by atoms with Crippen molar-refractivity contribution in [3.8, 4) is 5.75 Å². The number of aryl methyl sites for hydroxylation is 2. The minimum Gasteiger partial charge on any atom is -0.507 e. The second-order valence-electron chi connectivity index (χ2n) is 8.32. The number of aliphatic hydroxyl groups is 1. The van der Waals surface area contributed by atoms with E-state index in [2.05, 4.69) is 9.97 Å². The first-order valence-electron chi connectivity index (χ1n) is 10.8. The highest BCUT2D eigenvalue weighted by Crippen LogP contribution is 2.45. The summed E-state index contributed by atoms with van der Waals surface area (Å²) in [5.41, 5.74) is 2.61. The Morgan fingerprint density at radius 3 is 2.67 bits per heavy atom. The summed E-state index contributed by atoms with van der Waals surface area (Å²) in [7, 11) is 1.55. The van der Waals surface area contributed by atoms with Gasteiger partial charge in [0, 0.05) is 18.0 Å². The molecule has 0 saturated carbocycles. The van der Waals surface area contributed by atoms with Crippen LogP contribution in [0.25, 0.3) is 16.0 Å². The number of aromatic nitrogens is 2. The van der Waals surface area contributed by atoms with Crippen molar-refractivity contribution in [1.82, 2.24) is 9.97 Å². The van der Waals surface area contributed by atoms with E-state index in [9.17, 15) is 19.1 Å². The van der Waals surface area contributed by atoms with Crippen molar-refractivity contribution in [2.75, 3.05) is 12.0 Å². The normalized spacial score (nSPS) is 17.2. The van der Waals surface area contributed by atoms with E-state index in [-0.39, 0.29) is 21.5 Å². The number of hydrogen-bond donors (Lipinski definition) is 1. The predicted molar refractivity (Wildman–Crippen MR) is 136 cm³/mol. The quantitative estimate of drug-likeness (QED) is 0.208. The molecule has 1 aliphatic rings. The molecular formula is C26H19ClFN3O4S. The van der Waals surface area contributed by atoms with Crippen molar-refractivity contribution in [3.63, 3.8) is 0 Å². The van der Waals surface area contributed by atoms with Crippen LogP contribution in [0.3, 0.4) is 0 Å². The Morgan fingerprint density at radius 2 is 1.97 bits per heavy atom. The number of fused-ring (bicyclic) bond motifs is 1. The molecule has 4 aromatic rings. The van der Waals surface area contributed by atoms with E-state index in [4.69, 9.17) is 16.3 Å². The smallest absolute Gasteiger partial charge is 0.301 e. The number of benzene rings is 2. The first-order chi connectivity index (χ1) is 17.2. The van der Waals surface area contributed by atoms with Gasteiger partial charge in [-0.15, -0.1) is 0 Å². The maximum absolute atomic E-state index is 14.1. The monoisotopic (exact) mass is 523 g/mol. The Hall–Kier alpha value is -3.82. The Labute approximate surface area is 214 Å². The summed E-state index contributed by atoms with van der Waals surface area (Å²) in [4.78, 5) is 36.5. The number of ether oxygens (including phenoxy) is 1. The van der Waals surface area contributed by atoms with Crippen molar-refractivity contribution in [1.29, 1.82) is 0 Å². The van der Waals surface area contributed by atoms with E-state index >= 15 is 0 Å². The summed E-state index contributed by atoms with van der Waals surface area (Å²) in [6.45, 7) is 3.59. The van der Waals surface area contributed by atoms with E-state index in [1.807, 2.05) is 6.92 Å². The number of halogens is 2. The van der Waals surface area contributed by atoms with E-state index < -0.39 is 23.5 Å². The average Bonchev–Trinajstić information content (AvgIpc) is 3.38. The fraction of sp³-hybridized carbons (Fsp3) is 0.154. The number of anilines is 1. The van der Waals surface area contributed by atoms with Crippen molar-refractivity contribution < 1.29 is 23.8 Å². The minimum atomic E-state index is -0.999. The number of rotatable bonds is 4. The number of amides is 1.